The number of hydrogen-bond acceptors (Lipinski definition) is 4. The molecule has 0 aliphatic heterocycles. The van der Waals surface area contributed by atoms with Crippen molar-refractivity contribution in [3.8, 4) is 0 Å². The Morgan fingerprint density at radius 2 is 2.09 bits per heavy atom. The molecule has 1 atom stereocenters. The normalized spacial score (nSPS) is 12.1. The van der Waals surface area contributed by atoms with Gasteiger partial charge in [0, 0.05) is 22.3 Å². The number of hydrogen-bond donors (Lipinski definition) is 2. The van der Waals surface area contributed by atoms with Crippen molar-refractivity contribution in [2.45, 2.75) is 32.2 Å². The van der Waals surface area contributed by atoms with E-state index in [2.05, 4.69) is 38.4 Å². The molecular weight excluding hydrogens is 362 g/mol. The van der Waals surface area contributed by atoms with Gasteiger partial charge in [0.15, 0.2) is 0 Å². The van der Waals surface area contributed by atoms with Gasteiger partial charge in [-0.1, -0.05) is 28.1 Å². The molecule has 0 radical (unpaired) electrons. The number of amides is 1. The standard InChI is InChI=1S/C16H20BrN3OS/c1-11(2-3-12-4-6-13(17)7-5-12)19-16(21)14-10-22-15(20-14)8-9-18/h4-7,10-11H,2-3,8-9,18H2,1H3,(H,19,21). The average Bonchev–Trinajstić information content (AvgIpc) is 2.96. The molecule has 2 aromatic rings. The summed E-state index contributed by atoms with van der Waals surface area (Å²) in [6, 6.07) is 8.37. The summed E-state index contributed by atoms with van der Waals surface area (Å²) < 4.78 is 1.08. The van der Waals surface area contributed by atoms with Crippen molar-refractivity contribution in [3.63, 3.8) is 0 Å². The number of aryl methyl sites for hydroxylation is 1. The number of carbonyl (C=O) groups excluding carboxylic acids is 1. The predicted molar refractivity (Wildman–Crippen MR) is 94.3 cm³/mol. The molecule has 22 heavy (non-hydrogen) atoms. The van der Waals surface area contributed by atoms with Crippen LogP contribution >= 0.6 is 27.3 Å². The van der Waals surface area contributed by atoms with Crippen molar-refractivity contribution in [3.05, 3.63) is 50.4 Å². The molecule has 1 heterocycles. The largest absolute Gasteiger partial charge is 0.348 e. The minimum Gasteiger partial charge on any atom is -0.348 e. The monoisotopic (exact) mass is 381 g/mol. The molecule has 1 unspecified atom stereocenters. The van der Waals surface area contributed by atoms with Crippen LogP contribution in [0.3, 0.4) is 0 Å². The first-order valence-corrected chi connectivity index (χ1v) is 8.95. The molecule has 118 valence electrons. The van der Waals surface area contributed by atoms with Crippen molar-refractivity contribution < 1.29 is 4.79 Å². The van der Waals surface area contributed by atoms with Gasteiger partial charge in [0.1, 0.15) is 5.69 Å². The van der Waals surface area contributed by atoms with Crippen molar-refractivity contribution >= 4 is 33.2 Å². The molecule has 0 saturated heterocycles. The Kier molecular flexibility index (Phi) is 6.54. The van der Waals surface area contributed by atoms with Gasteiger partial charge in [-0.25, -0.2) is 4.98 Å². The highest BCUT2D eigenvalue weighted by Crippen LogP contribution is 2.13. The molecular formula is C16H20BrN3OS. The second-order valence-corrected chi connectivity index (χ2v) is 7.06. The Bertz CT molecular complexity index is 612. The summed E-state index contributed by atoms with van der Waals surface area (Å²) >= 11 is 4.91. The third-order valence-corrected chi connectivity index (χ3v) is 4.74. The van der Waals surface area contributed by atoms with E-state index < -0.39 is 0 Å². The van der Waals surface area contributed by atoms with E-state index in [-0.39, 0.29) is 11.9 Å². The number of nitrogens with zero attached hydrogens (tertiary/aromatic N) is 1. The van der Waals surface area contributed by atoms with Gasteiger partial charge in [-0.05, 0) is 44.0 Å². The Balaban J connectivity index is 1.81. The number of nitrogens with two attached hydrogens (primary N) is 1. The highest BCUT2D eigenvalue weighted by molar-refractivity contribution is 9.10. The molecule has 0 bridgehead atoms. The van der Waals surface area contributed by atoms with Gasteiger partial charge in [0.05, 0.1) is 5.01 Å². The van der Waals surface area contributed by atoms with E-state index in [1.165, 1.54) is 16.9 Å². The number of nitrogens with one attached hydrogen (secondary N) is 1. The second-order valence-electron chi connectivity index (χ2n) is 5.20. The molecule has 1 amide bonds. The van der Waals surface area contributed by atoms with Crippen molar-refractivity contribution in [2.24, 2.45) is 5.73 Å². The molecule has 0 fully saturated rings. The molecule has 0 aliphatic carbocycles. The third-order valence-electron chi connectivity index (χ3n) is 3.30. The maximum Gasteiger partial charge on any atom is 0.270 e. The smallest absolute Gasteiger partial charge is 0.270 e. The van der Waals surface area contributed by atoms with E-state index in [1.807, 2.05) is 19.1 Å². The minimum atomic E-state index is -0.108. The summed E-state index contributed by atoms with van der Waals surface area (Å²) in [4.78, 5) is 16.4. The molecule has 3 N–H and O–H groups in total. The lowest BCUT2D eigenvalue weighted by Gasteiger charge is -2.13. The molecule has 4 nitrogen and oxygen atoms in total. The first-order valence-electron chi connectivity index (χ1n) is 7.28. The van der Waals surface area contributed by atoms with E-state index in [0.717, 1.165) is 28.7 Å². The Hall–Kier alpha value is -1.24. The first kappa shape index (κ1) is 17.1. The Morgan fingerprint density at radius 1 is 1.36 bits per heavy atom. The molecule has 0 aliphatic rings. The van der Waals surface area contributed by atoms with Gasteiger partial charge >= 0.3 is 0 Å². The Labute approximate surface area is 143 Å². The lowest BCUT2D eigenvalue weighted by Crippen LogP contribution is -2.33. The zero-order valence-electron chi connectivity index (χ0n) is 12.5. The molecule has 2 rings (SSSR count). The topological polar surface area (TPSA) is 68.0 Å². The fourth-order valence-electron chi connectivity index (χ4n) is 2.06. The highest BCUT2D eigenvalue weighted by atomic mass is 79.9. The van der Waals surface area contributed by atoms with Crippen LogP contribution < -0.4 is 11.1 Å². The second kappa shape index (κ2) is 8.41. The van der Waals surface area contributed by atoms with Crippen LogP contribution in [0.1, 0.15) is 34.4 Å². The van der Waals surface area contributed by atoms with Crippen LogP contribution in [-0.2, 0) is 12.8 Å². The molecule has 0 saturated carbocycles. The van der Waals surface area contributed by atoms with Gasteiger partial charge < -0.3 is 11.1 Å². The summed E-state index contributed by atoms with van der Waals surface area (Å²) in [5.41, 5.74) is 7.25. The van der Waals surface area contributed by atoms with Gasteiger partial charge in [0.2, 0.25) is 0 Å². The fourth-order valence-corrected chi connectivity index (χ4v) is 3.12. The van der Waals surface area contributed by atoms with Crippen LogP contribution in [0.5, 0.6) is 0 Å². The minimum absolute atomic E-state index is 0.107. The van der Waals surface area contributed by atoms with Crippen LogP contribution in [0.25, 0.3) is 0 Å². The van der Waals surface area contributed by atoms with Gasteiger partial charge in [0.25, 0.3) is 5.91 Å². The van der Waals surface area contributed by atoms with Gasteiger partial charge in [-0.15, -0.1) is 11.3 Å². The number of carbonyl (C=O) groups is 1. The number of thiazole rings is 1. The van der Waals surface area contributed by atoms with Crippen LogP contribution in [0, 0.1) is 0 Å². The molecule has 1 aromatic heterocycles. The van der Waals surface area contributed by atoms with Crippen molar-refractivity contribution in [1.29, 1.82) is 0 Å². The van der Waals surface area contributed by atoms with E-state index >= 15 is 0 Å². The summed E-state index contributed by atoms with van der Waals surface area (Å²) in [7, 11) is 0. The maximum absolute atomic E-state index is 12.1. The SMILES string of the molecule is CC(CCc1ccc(Br)cc1)NC(=O)c1csc(CCN)n1. The van der Waals surface area contributed by atoms with E-state index in [4.69, 9.17) is 5.73 Å². The summed E-state index contributed by atoms with van der Waals surface area (Å²) in [6.45, 7) is 2.57. The lowest BCUT2D eigenvalue weighted by molar-refractivity contribution is 0.0934. The number of benzene rings is 1. The van der Waals surface area contributed by atoms with E-state index in [1.54, 1.807) is 5.38 Å². The highest BCUT2D eigenvalue weighted by Gasteiger charge is 2.13. The fraction of sp³-hybridized carbons (Fsp3) is 0.375. The predicted octanol–water partition coefficient (Wildman–Crippen LogP) is 3.16. The molecule has 6 heteroatoms. The number of aromatic nitrogens is 1. The number of halogens is 1. The summed E-state index contributed by atoms with van der Waals surface area (Å²) in [5.74, 6) is -0.108. The zero-order chi connectivity index (χ0) is 15.9. The van der Waals surface area contributed by atoms with Gasteiger partial charge in [-0.2, -0.15) is 0 Å². The lowest BCUT2D eigenvalue weighted by atomic mass is 10.1. The van der Waals surface area contributed by atoms with Crippen LogP contribution in [0.15, 0.2) is 34.1 Å². The molecule has 0 spiro atoms. The van der Waals surface area contributed by atoms with Crippen molar-refractivity contribution in [2.75, 3.05) is 6.54 Å². The Morgan fingerprint density at radius 3 is 2.77 bits per heavy atom. The van der Waals surface area contributed by atoms with Crippen molar-refractivity contribution in [1.82, 2.24) is 10.3 Å². The van der Waals surface area contributed by atoms with Crippen LogP contribution in [0.2, 0.25) is 0 Å². The summed E-state index contributed by atoms with van der Waals surface area (Å²) in [5, 5.41) is 5.70. The molecule has 1 aromatic carbocycles. The van der Waals surface area contributed by atoms with Crippen LogP contribution in [0.4, 0.5) is 0 Å². The number of rotatable bonds is 7. The summed E-state index contributed by atoms with van der Waals surface area (Å²) in [6.07, 6.45) is 2.55. The third kappa shape index (κ3) is 5.19. The van der Waals surface area contributed by atoms with Crippen LogP contribution in [-0.4, -0.2) is 23.5 Å². The van der Waals surface area contributed by atoms with E-state index in [0.29, 0.717) is 12.2 Å². The first-order chi connectivity index (χ1) is 10.6. The zero-order valence-corrected chi connectivity index (χ0v) is 14.9. The maximum atomic E-state index is 12.1. The van der Waals surface area contributed by atoms with E-state index in [9.17, 15) is 4.79 Å². The quantitative estimate of drug-likeness (QED) is 0.773. The average molecular weight is 382 g/mol. The van der Waals surface area contributed by atoms with Gasteiger partial charge in [-0.3, -0.25) is 4.79 Å².